The molecular formula is C21H31N5. The summed E-state index contributed by atoms with van der Waals surface area (Å²) in [4.78, 5) is 11.3. The van der Waals surface area contributed by atoms with Crippen LogP contribution in [0.4, 0.5) is 23.1 Å². The van der Waals surface area contributed by atoms with E-state index in [0.29, 0.717) is 5.95 Å². The Morgan fingerprint density at radius 1 is 1.08 bits per heavy atom. The van der Waals surface area contributed by atoms with Crippen LogP contribution in [0.5, 0.6) is 0 Å². The first kappa shape index (κ1) is 18.5. The van der Waals surface area contributed by atoms with Gasteiger partial charge in [-0.05, 0) is 55.5 Å². The quantitative estimate of drug-likeness (QED) is 0.650. The van der Waals surface area contributed by atoms with E-state index in [0.717, 1.165) is 43.5 Å². The van der Waals surface area contributed by atoms with Crippen molar-refractivity contribution < 1.29 is 0 Å². The SMILES string of the molecule is CCCCCNc1nccc(Nc2ccc(N3CCC(C)CC3)cc2)n1. The molecule has 1 aliphatic heterocycles. The average Bonchev–Trinajstić information content (AvgIpc) is 2.67. The molecule has 2 heterocycles. The van der Waals surface area contributed by atoms with Gasteiger partial charge in [0.25, 0.3) is 0 Å². The van der Waals surface area contributed by atoms with Crippen LogP contribution < -0.4 is 15.5 Å². The molecule has 0 amide bonds. The second-order valence-corrected chi connectivity index (χ2v) is 7.24. The van der Waals surface area contributed by atoms with Crippen LogP contribution in [-0.2, 0) is 0 Å². The zero-order valence-electron chi connectivity index (χ0n) is 16.0. The number of rotatable bonds is 8. The molecular weight excluding hydrogens is 322 g/mol. The Kier molecular flexibility index (Phi) is 6.69. The first-order valence-electron chi connectivity index (χ1n) is 9.93. The Morgan fingerprint density at radius 2 is 1.85 bits per heavy atom. The fourth-order valence-electron chi connectivity index (χ4n) is 3.26. The molecule has 1 aliphatic rings. The molecule has 0 saturated carbocycles. The molecule has 0 bridgehead atoms. The summed E-state index contributed by atoms with van der Waals surface area (Å²) in [7, 11) is 0. The van der Waals surface area contributed by atoms with Gasteiger partial charge in [0.15, 0.2) is 0 Å². The number of piperidine rings is 1. The summed E-state index contributed by atoms with van der Waals surface area (Å²) in [5, 5.41) is 6.67. The Balaban J connectivity index is 1.55. The molecule has 0 spiro atoms. The average molecular weight is 354 g/mol. The zero-order chi connectivity index (χ0) is 18.2. The predicted molar refractivity (Wildman–Crippen MR) is 110 cm³/mol. The summed E-state index contributed by atoms with van der Waals surface area (Å²) in [6, 6.07) is 10.6. The number of hydrogen-bond acceptors (Lipinski definition) is 5. The lowest BCUT2D eigenvalue weighted by molar-refractivity contribution is 0.438. The summed E-state index contributed by atoms with van der Waals surface area (Å²) in [5.41, 5.74) is 2.36. The number of nitrogens with one attached hydrogen (secondary N) is 2. The highest BCUT2D eigenvalue weighted by atomic mass is 15.1. The summed E-state index contributed by atoms with van der Waals surface area (Å²) in [6.45, 7) is 7.79. The molecule has 0 aliphatic carbocycles. The van der Waals surface area contributed by atoms with Crippen LogP contribution >= 0.6 is 0 Å². The fourth-order valence-corrected chi connectivity index (χ4v) is 3.26. The normalized spacial score (nSPS) is 15.1. The number of nitrogens with zero attached hydrogens (tertiary/aromatic N) is 3. The third-order valence-electron chi connectivity index (χ3n) is 5.01. The van der Waals surface area contributed by atoms with Crippen LogP contribution in [0.3, 0.4) is 0 Å². The Bertz CT molecular complexity index is 662. The maximum Gasteiger partial charge on any atom is 0.224 e. The number of anilines is 4. The van der Waals surface area contributed by atoms with Crippen molar-refractivity contribution in [2.24, 2.45) is 5.92 Å². The lowest BCUT2D eigenvalue weighted by Gasteiger charge is -2.32. The number of unbranched alkanes of at least 4 members (excludes halogenated alkanes) is 2. The third kappa shape index (κ3) is 5.35. The van der Waals surface area contributed by atoms with Crippen LogP contribution in [0.15, 0.2) is 36.5 Å². The maximum atomic E-state index is 4.54. The van der Waals surface area contributed by atoms with Gasteiger partial charge in [-0.2, -0.15) is 4.98 Å². The summed E-state index contributed by atoms with van der Waals surface area (Å²) >= 11 is 0. The molecule has 5 heteroatoms. The molecule has 3 rings (SSSR count). The molecule has 1 aromatic heterocycles. The van der Waals surface area contributed by atoms with Gasteiger partial charge >= 0.3 is 0 Å². The van der Waals surface area contributed by atoms with Crippen molar-refractivity contribution in [3.63, 3.8) is 0 Å². The highest BCUT2D eigenvalue weighted by molar-refractivity contribution is 5.61. The predicted octanol–water partition coefficient (Wildman–Crippen LogP) is 5.06. The van der Waals surface area contributed by atoms with E-state index in [-0.39, 0.29) is 0 Å². The second kappa shape index (κ2) is 9.41. The number of hydrogen-bond donors (Lipinski definition) is 2. The molecule has 2 aromatic rings. The molecule has 0 unspecified atom stereocenters. The van der Waals surface area contributed by atoms with Crippen molar-refractivity contribution in [2.75, 3.05) is 35.2 Å². The molecule has 5 nitrogen and oxygen atoms in total. The first-order chi connectivity index (χ1) is 12.7. The van der Waals surface area contributed by atoms with Gasteiger partial charge in [0, 0.05) is 37.2 Å². The van der Waals surface area contributed by atoms with Crippen molar-refractivity contribution in [1.82, 2.24) is 9.97 Å². The fraction of sp³-hybridized carbons (Fsp3) is 0.524. The maximum absolute atomic E-state index is 4.54. The largest absolute Gasteiger partial charge is 0.372 e. The zero-order valence-corrected chi connectivity index (χ0v) is 16.0. The third-order valence-corrected chi connectivity index (χ3v) is 5.01. The van der Waals surface area contributed by atoms with Crippen molar-refractivity contribution in [3.05, 3.63) is 36.5 Å². The van der Waals surface area contributed by atoms with Crippen molar-refractivity contribution in [3.8, 4) is 0 Å². The highest BCUT2D eigenvalue weighted by Gasteiger charge is 2.15. The van der Waals surface area contributed by atoms with Gasteiger partial charge in [-0.3, -0.25) is 0 Å². The van der Waals surface area contributed by atoms with Gasteiger partial charge in [-0.15, -0.1) is 0 Å². The molecule has 140 valence electrons. The van der Waals surface area contributed by atoms with Gasteiger partial charge in [0.05, 0.1) is 0 Å². The Hall–Kier alpha value is -2.30. The van der Waals surface area contributed by atoms with Crippen LogP contribution in [0.2, 0.25) is 0 Å². The summed E-state index contributed by atoms with van der Waals surface area (Å²) in [5.74, 6) is 2.36. The number of benzene rings is 1. The van der Waals surface area contributed by atoms with Crippen LogP contribution in [-0.4, -0.2) is 29.6 Å². The summed E-state index contributed by atoms with van der Waals surface area (Å²) in [6.07, 6.45) is 7.96. The van der Waals surface area contributed by atoms with Gasteiger partial charge in [0.1, 0.15) is 5.82 Å². The van der Waals surface area contributed by atoms with E-state index in [1.807, 2.05) is 6.07 Å². The number of aromatic nitrogens is 2. The molecule has 26 heavy (non-hydrogen) atoms. The molecule has 1 saturated heterocycles. The lowest BCUT2D eigenvalue weighted by Crippen LogP contribution is -2.32. The van der Waals surface area contributed by atoms with E-state index in [4.69, 9.17) is 0 Å². The van der Waals surface area contributed by atoms with Crippen LogP contribution in [0.1, 0.15) is 46.0 Å². The minimum Gasteiger partial charge on any atom is -0.372 e. The van der Waals surface area contributed by atoms with Gasteiger partial charge < -0.3 is 15.5 Å². The lowest BCUT2D eigenvalue weighted by atomic mass is 9.99. The molecule has 0 atom stereocenters. The Labute approximate surface area is 157 Å². The van der Waals surface area contributed by atoms with Crippen molar-refractivity contribution >= 4 is 23.1 Å². The molecule has 2 N–H and O–H groups in total. The highest BCUT2D eigenvalue weighted by Crippen LogP contribution is 2.25. The minimum atomic E-state index is 0.685. The topological polar surface area (TPSA) is 53.1 Å². The summed E-state index contributed by atoms with van der Waals surface area (Å²) < 4.78 is 0. The second-order valence-electron chi connectivity index (χ2n) is 7.24. The van der Waals surface area contributed by atoms with Crippen molar-refractivity contribution in [2.45, 2.75) is 46.0 Å². The van der Waals surface area contributed by atoms with Gasteiger partial charge in [-0.1, -0.05) is 26.7 Å². The monoisotopic (exact) mass is 353 g/mol. The molecule has 1 fully saturated rings. The van der Waals surface area contributed by atoms with E-state index < -0.39 is 0 Å². The van der Waals surface area contributed by atoms with E-state index in [2.05, 4.69) is 63.6 Å². The van der Waals surface area contributed by atoms with E-state index >= 15 is 0 Å². The minimum absolute atomic E-state index is 0.685. The van der Waals surface area contributed by atoms with E-state index in [1.54, 1.807) is 6.20 Å². The van der Waals surface area contributed by atoms with Gasteiger partial charge in [-0.25, -0.2) is 4.98 Å². The standard InChI is InChI=1S/C21H31N5/c1-3-4-5-13-22-21-23-14-10-20(25-21)24-18-6-8-19(9-7-18)26-15-11-17(2)12-16-26/h6-10,14,17H,3-5,11-13,15-16H2,1-2H3,(H2,22,23,24,25). The van der Waals surface area contributed by atoms with Gasteiger partial charge in [0.2, 0.25) is 5.95 Å². The van der Waals surface area contributed by atoms with Crippen molar-refractivity contribution in [1.29, 1.82) is 0 Å². The van der Waals surface area contributed by atoms with E-state index in [9.17, 15) is 0 Å². The van der Waals surface area contributed by atoms with E-state index in [1.165, 1.54) is 31.4 Å². The molecule has 0 radical (unpaired) electrons. The van der Waals surface area contributed by atoms with Crippen LogP contribution in [0.25, 0.3) is 0 Å². The van der Waals surface area contributed by atoms with Crippen LogP contribution in [0, 0.1) is 5.92 Å². The molecule has 1 aromatic carbocycles. The Morgan fingerprint density at radius 3 is 2.58 bits per heavy atom. The first-order valence-corrected chi connectivity index (χ1v) is 9.93. The smallest absolute Gasteiger partial charge is 0.224 e.